The van der Waals surface area contributed by atoms with Crippen molar-refractivity contribution in [3.05, 3.63) is 57.6 Å². The van der Waals surface area contributed by atoms with Crippen LogP contribution in [0.15, 0.2) is 47.2 Å². The molecule has 0 aliphatic carbocycles. The summed E-state index contributed by atoms with van der Waals surface area (Å²) in [4.78, 5) is 26.0. The van der Waals surface area contributed by atoms with Gasteiger partial charge in [0.05, 0.1) is 20.8 Å². The van der Waals surface area contributed by atoms with E-state index in [9.17, 15) is 9.59 Å². The molecule has 1 aromatic carbocycles. The summed E-state index contributed by atoms with van der Waals surface area (Å²) in [5.41, 5.74) is 1.71. The summed E-state index contributed by atoms with van der Waals surface area (Å²) in [6.07, 6.45) is 3.17. The largest absolute Gasteiger partial charge is 0.493 e. The van der Waals surface area contributed by atoms with Crippen LogP contribution in [0.5, 0.6) is 11.5 Å². The van der Waals surface area contributed by atoms with E-state index in [1.165, 1.54) is 28.7 Å². The van der Waals surface area contributed by atoms with Gasteiger partial charge in [0.25, 0.3) is 0 Å². The summed E-state index contributed by atoms with van der Waals surface area (Å²) in [5, 5.41) is 6.97. The lowest BCUT2D eigenvalue weighted by Crippen LogP contribution is -2.12. The first-order chi connectivity index (χ1) is 14.6. The molecule has 0 unspecified atom stereocenters. The van der Waals surface area contributed by atoms with Crippen molar-refractivity contribution in [1.29, 1.82) is 0 Å². The first kappa shape index (κ1) is 21.6. The minimum atomic E-state index is -0.499. The van der Waals surface area contributed by atoms with Gasteiger partial charge in [-0.3, -0.25) is 4.79 Å². The van der Waals surface area contributed by atoms with Gasteiger partial charge in [-0.1, -0.05) is 12.1 Å². The van der Waals surface area contributed by atoms with Crippen LogP contribution in [0.3, 0.4) is 0 Å². The van der Waals surface area contributed by atoms with Crippen LogP contribution >= 0.6 is 22.7 Å². The Morgan fingerprint density at radius 2 is 1.90 bits per heavy atom. The summed E-state index contributed by atoms with van der Waals surface area (Å²) in [7, 11) is 3.11. The van der Waals surface area contributed by atoms with E-state index in [0.717, 1.165) is 10.4 Å². The van der Waals surface area contributed by atoms with Crippen LogP contribution in [0.2, 0.25) is 0 Å². The first-order valence-electron chi connectivity index (χ1n) is 9.11. The number of methoxy groups -OCH3 is 2. The molecule has 30 heavy (non-hydrogen) atoms. The Morgan fingerprint density at radius 1 is 1.10 bits per heavy atom. The molecule has 0 aliphatic rings. The van der Waals surface area contributed by atoms with Gasteiger partial charge >= 0.3 is 5.97 Å². The SMILES string of the molecule is CCOC(=O)c1c(-c2ccc(OC)c(OC)c2)csc1NC(=O)C=Cc1cccs1. The molecule has 0 bridgehead atoms. The highest BCUT2D eigenvalue weighted by atomic mass is 32.1. The highest BCUT2D eigenvalue weighted by molar-refractivity contribution is 7.15. The van der Waals surface area contributed by atoms with Crippen LogP contribution in [0, 0.1) is 0 Å². The normalized spacial score (nSPS) is 10.8. The van der Waals surface area contributed by atoms with E-state index in [-0.39, 0.29) is 12.5 Å². The Labute approximate surface area is 182 Å². The topological polar surface area (TPSA) is 73.9 Å². The molecular weight excluding hydrogens is 422 g/mol. The Balaban J connectivity index is 1.94. The van der Waals surface area contributed by atoms with Crippen molar-refractivity contribution in [2.75, 3.05) is 26.1 Å². The number of nitrogens with one attached hydrogen (secondary N) is 1. The molecule has 1 N–H and O–H groups in total. The van der Waals surface area contributed by atoms with Crippen molar-refractivity contribution < 1.29 is 23.8 Å². The molecule has 8 heteroatoms. The quantitative estimate of drug-likeness (QED) is 0.377. The molecule has 0 atom stereocenters. The van der Waals surface area contributed by atoms with Crippen molar-refractivity contribution in [2.45, 2.75) is 6.92 Å². The van der Waals surface area contributed by atoms with Gasteiger partial charge in [0.1, 0.15) is 10.6 Å². The number of esters is 1. The number of thiophene rings is 2. The van der Waals surface area contributed by atoms with E-state index >= 15 is 0 Å². The first-order valence-corrected chi connectivity index (χ1v) is 10.9. The van der Waals surface area contributed by atoms with Crippen molar-refractivity contribution >= 4 is 45.6 Å². The summed E-state index contributed by atoms with van der Waals surface area (Å²) in [6, 6.07) is 9.21. The van der Waals surface area contributed by atoms with Crippen LogP contribution in [-0.2, 0) is 9.53 Å². The summed E-state index contributed by atoms with van der Waals surface area (Å²) in [6.45, 7) is 1.97. The van der Waals surface area contributed by atoms with Crippen LogP contribution < -0.4 is 14.8 Å². The lowest BCUT2D eigenvalue weighted by Gasteiger charge is -2.11. The minimum absolute atomic E-state index is 0.228. The number of ether oxygens (including phenoxy) is 3. The molecule has 6 nitrogen and oxygen atoms in total. The summed E-state index contributed by atoms with van der Waals surface area (Å²) < 4.78 is 15.9. The van der Waals surface area contributed by atoms with Gasteiger partial charge < -0.3 is 19.5 Å². The average Bonchev–Trinajstić information content (AvgIpc) is 3.42. The van der Waals surface area contributed by atoms with Crippen LogP contribution in [0.1, 0.15) is 22.2 Å². The van der Waals surface area contributed by atoms with Gasteiger partial charge in [0.15, 0.2) is 11.5 Å². The van der Waals surface area contributed by atoms with E-state index in [0.29, 0.717) is 27.6 Å². The number of rotatable bonds is 8. The van der Waals surface area contributed by atoms with Crippen molar-refractivity contribution in [1.82, 2.24) is 0 Å². The average molecular weight is 444 g/mol. The maximum atomic E-state index is 12.7. The molecule has 0 saturated heterocycles. The molecule has 1 amide bonds. The molecule has 0 fully saturated rings. The second-order valence-electron chi connectivity index (χ2n) is 5.98. The summed E-state index contributed by atoms with van der Waals surface area (Å²) >= 11 is 2.80. The van der Waals surface area contributed by atoms with Gasteiger partial charge in [-0.25, -0.2) is 4.79 Å². The highest BCUT2D eigenvalue weighted by Crippen LogP contribution is 2.39. The third-order valence-electron chi connectivity index (χ3n) is 4.14. The lowest BCUT2D eigenvalue weighted by molar-refractivity contribution is -0.111. The van der Waals surface area contributed by atoms with Gasteiger partial charge in [0, 0.05) is 21.9 Å². The zero-order chi connectivity index (χ0) is 21.5. The molecule has 3 aromatic rings. The maximum Gasteiger partial charge on any atom is 0.341 e. The van der Waals surface area contributed by atoms with E-state index in [2.05, 4.69) is 5.32 Å². The van der Waals surface area contributed by atoms with Gasteiger partial charge in [-0.2, -0.15) is 0 Å². The highest BCUT2D eigenvalue weighted by Gasteiger charge is 2.23. The molecule has 3 rings (SSSR count). The van der Waals surface area contributed by atoms with Crippen molar-refractivity contribution in [3.8, 4) is 22.6 Å². The Kier molecular flexibility index (Phi) is 7.26. The van der Waals surface area contributed by atoms with Gasteiger partial charge in [-0.15, -0.1) is 22.7 Å². The molecule has 0 saturated carbocycles. The second-order valence-corrected chi connectivity index (χ2v) is 7.84. The number of hydrogen-bond acceptors (Lipinski definition) is 7. The third kappa shape index (κ3) is 4.90. The van der Waals surface area contributed by atoms with Crippen LogP contribution in [0.4, 0.5) is 5.00 Å². The maximum absolute atomic E-state index is 12.7. The van der Waals surface area contributed by atoms with E-state index in [4.69, 9.17) is 14.2 Å². The third-order valence-corrected chi connectivity index (χ3v) is 5.88. The molecule has 2 aromatic heterocycles. The van der Waals surface area contributed by atoms with Crippen LogP contribution in [-0.4, -0.2) is 32.7 Å². The number of carbonyl (C=O) groups is 2. The zero-order valence-electron chi connectivity index (χ0n) is 16.8. The molecular formula is C22H21NO5S2. The molecule has 2 heterocycles. The number of benzene rings is 1. The van der Waals surface area contributed by atoms with Gasteiger partial charge in [-0.05, 0) is 42.1 Å². The fourth-order valence-electron chi connectivity index (χ4n) is 2.77. The molecule has 156 valence electrons. The van der Waals surface area contributed by atoms with Crippen LogP contribution in [0.25, 0.3) is 17.2 Å². The number of anilines is 1. The van der Waals surface area contributed by atoms with Crippen molar-refractivity contribution in [2.24, 2.45) is 0 Å². The molecule has 0 aliphatic heterocycles. The Morgan fingerprint density at radius 3 is 2.57 bits per heavy atom. The number of hydrogen-bond donors (Lipinski definition) is 1. The fourth-order valence-corrected chi connectivity index (χ4v) is 4.35. The predicted octanol–water partition coefficient (Wildman–Crippen LogP) is 5.32. The number of carbonyl (C=O) groups excluding carboxylic acids is 2. The second kappa shape index (κ2) is 10.1. The minimum Gasteiger partial charge on any atom is -0.493 e. The number of amides is 1. The fraction of sp³-hybridized carbons (Fsp3) is 0.182. The monoisotopic (exact) mass is 443 g/mol. The Bertz CT molecular complexity index is 1050. The lowest BCUT2D eigenvalue weighted by atomic mass is 10.0. The van der Waals surface area contributed by atoms with Gasteiger partial charge in [0.2, 0.25) is 5.91 Å². The standard InChI is InChI=1S/C22H21NO5S2/c1-4-28-22(25)20-16(14-7-9-17(26-2)18(12-14)27-3)13-30-21(20)23-19(24)10-8-15-6-5-11-29-15/h5-13H,4H2,1-3H3,(H,23,24). The molecule has 0 spiro atoms. The van der Waals surface area contributed by atoms with E-state index < -0.39 is 5.97 Å². The predicted molar refractivity (Wildman–Crippen MR) is 121 cm³/mol. The van der Waals surface area contributed by atoms with E-state index in [1.807, 2.05) is 29.0 Å². The zero-order valence-corrected chi connectivity index (χ0v) is 18.4. The van der Waals surface area contributed by atoms with Crippen molar-refractivity contribution in [3.63, 3.8) is 0 Å². The van der Waals surface area contributed by atoms with E-state index in [1.54, 1.807) is 39.4 Å². The summed E-state index contributed by atoms with van der Waals surface area (Å²) in [5.74, 6) is 0.303. The molecule has 0 radical (unpaired) electrons. The smallest absolute Gasteiger partial charge is 0.341 e. The Hall–Kier alpha value is -3.10.